The Morgan fingerprint density at radius 3 is 2.71 bits per heavy atom. The number of nitrogens with one attached hydrogen (secondary N) is 2. The molecule has 2 rings (SSSR count). The molecule has 0 spiro atoms. The molecule has 0 saturated carbocycles. The average Bonchev–Trinajstić information content (AvgIpc) is 2.49. The largest absolute Gasteiger partial charge is 0.490 e. The molecular weight excluding hydrogens is 339 g/mol. The zero-order valence-electron chi connectivity index (χ0n) is 11.8. The molecule has 0 radical (unpaired) electrons. The van der Waals surface area contributed by atoms with Gasteiger partial charge in [0.1, 0.15) is 12.1 Å². The van der Waals surface area contributed by atoms with Crippen molar-refractivity contribution >= 4 is 33.3 Å². The molecule has 0 aliphatic rings. The minimum absolute atomic E-state index is 0.350. The van der Waals surface area contributed by atoms with Crippen molar-refractivity contribution in [3.05, 3.63) is 34.8 Å². The van der Waals surface area contributed by atoms with Crippen LogP contribution in [0.25, 0.3) is 0 Å². The fourth-order valence-corrected chi connectivity index (χ4v) is 1.98. The molecule has 7 heteroatoms. The van der Waals surface area contributed by atoms with Gasteiger partial charge in [-0.1, -0.05) is 6.92 Å². The van der Waals surface area contributed by atoms with Crippen molar-refractivity contribution in [1.29, 1.82) is 0 Å². The normalized spacial score (nSPS) is 10.3. The van der Waals surface area contributed by atoms with Gasteiger partial charge in [-0.3, -0.25) is 0 Å². The maximum atomic E-state index is 13.5. The topological polar surface area (TPSA) is 59.1 Å². The van der Waals surface area contributed by atoms with Crippen LogP contribution in [0.1, 0.15) is 13.3 Å². The standard InChI is InChI=1S/C14H16BrFN4O/c1-3-6-17-13-12(21-2)14(19-8-18-13)20-9-4-5-10(15)11(16)7-9/h4-5,7-8H,3,6H2,1-2H3,(H2,17,18,19,20). The summed E-state index contributed by atoms with van der Waals surface area (Å²) in [4.78, 5) is 8.30. The predicted octanol–water partition coefficient (Wildman–Crippen LogP) is 3.95. The van der Waals surface area contributed by atoms with Crippen molar-refractivity contribution in [2.75, 3.05) is 24.3 Å². The van der Waals surface area contributed by atoms with Gasteiger partial charge in [-0.25, -0.2) is 14.4 Å². The van der Waals surface area contributed by atoms with Crippen LogP contribution in [0.2, 0.25) is 0 Å². The lowest BCUT2D eigenvalue weighted by atomic mass is 10.3. The van der Waals surface area contributed by atoms with Crippen molar-refractivity contribution < 1.29 is 9.13 Å². The van der Waals surface area contributed by atoms with Crippen molar-refractivity contribution in [3.63, 3.8) is 0 Å². The predicted molar refractivity (Wildman–Crippen MR) is 84.7 cm³/mol. The Labute approximate surface area is 131 Å². The zero-order valence-corrected chi connectivity index (χ0v) is 13.4. The van der Waals surface area contributed by atoms with Crippen LogP contribution in [-0.4, -0.2) is 23.6 Å². The maximum absolute atomic E-state index is 13.5. The maximum Gasteiger partial charge on any atom is 0.204 e. The molecule has 0 aliphatic carbocycles. The van der Waals surface area contributed by atoms with E-state index in [1.54, 1.807) is 19.2 Å². The lowest BCUT2D eigenvalue weighted by Crippen LogP contribution is -2.07. The minimum Gasteiger partial charge on any atom is -0.490 e. The molecule has 0 saturated heterocycles. The number of halogens is 2. The quantitative estimate of drug-likeness (QED) is 0.822. The van der Waals surface area contributed by atoms with Crippen molar-refractivity contribution in [3.8, 4) is 5.75 Å². The second-order valence-electron chi connectivity index (χ2n) is 4.28. The fraction of sp³-hybridized carbons (Fsp3) is 0.286. The van der Waals surface area contributed by atoms with Gasteiger partial charge in [-0.05, 0) is 40.5 Å². The Hall–Kier alpha value is -1.89. The third kappa shape index (κ3) is 3.81. The van der Waals surface area contributed by atoms with Crippen LogP contribution in [0.5, 0.6) is 5.75 Å². The van der Waals surface area contributed by atoms with E-state index in [4.69, 9.17) is 4.74 Å². The third-order valence-electron chi connectivity index (χ3n) is 2.73. The van der Waals surface area contributed by atoms with Crippen molar-refractivity contribution in [1.82, 2.24) is 9.97 Å². The van der Waals surface area contributed by atoms with E-state index in [1.807, 2.05) is 0 Å². The highest BCUT2D eigenvalue weighted by Crippen LogP contribution is 2.31. The molecule has 21 heavy (non-hydrogen) atoms. The second-order valence-corrected chi connectivity index (χ2v) is 5.14. The molecular formula is C14H16BrFN4O. The van der Waals surface area contributed by atoms with Gasteiger partial charge in [0, 0.05) is 12.2 Å². The molecule has 1 aromatic heterocycles. The summed E-state index contributed by atoms with van der Waals surface area (Å²) in [6, 6.07) is 4.75. The lowest BCUT2D eigenvalue weighted by molar-refractivity contribution is 0.415. The average molecular weight is 355 g/mol. The SMILES string of the molecule is CCCNc1ncnc(Nc2ccc(Br)c(F)c2)c1OC. The van der Waals surface area contributed by atoms with Crippen molar-refractivity contribution in [2.24, 2.45) is 0 Å². The van der Waals surface area contributed by atoms with E-state index in [0.717, 1.165) is 13.0 Å². The van der Waals surface area contributed by atoms with E-state index in [2.05, 4.69) is 43.5 Å². The Morgan fingerprint density at radius 2 is 2.05 bits per heavy atom. The lowest BCUT2D eigenvalue weighted by Gasteiger charge is -2.14. The summed E-state index contributed by atoms with van der Waals surface area (Å²) in [6.45, 7) is 2.84. The first-order valence-corrected chi connectivity index (χ1v) is 7.30. The molecule has 5 nitrogen and oxygen atoms in total. The Morgan fingerprint density at radius 1 is 1.29 bits per heavy atom. The highest BCUT2D eigenvalue weighted by atomic mass is 79.9. The molecule has 0 amide bonds. The molecule has 2 N–H and O–H groups in total. The summed E-state index contributed by atoms with van der Waals surface area (Å²) in [7, 11) is 1.54. The first-order valence-electron chi connectivity index (χ1n) is 6.50. The molecule has 1 heterocycles. The van der Waals surface area contributed by atoms with Crippen LogP contribution in [0.15, 0.2) is 29.0 Å². The number of benzene rings is 1. The number of rotatable bonds is 6. The van der Waals surface area contributed by atoms with E-state index in [1.165, 1.54) is 12.4 Å². The van der Waals surface area contributed by atoms with Gasteiger partial charge >= 0.3 is 0 Å². The van der Waals surface area contributed by atoms with Gasteiger partial charge in [0.2, 0.25) is 5.75 Å². The molecule has 0 fully saturated rings. The van der Waals surface area contributed by atoms with Gasteiger partial charge in [0.05, 0.1) is 11.6 Å². The summed E-state index contributed by atoms with van der Waals surface area (Å²) >= 11 is 3.12. The number of anilines is 3. The van der Waals surface area contributed by atoms with Gasteiger partial charge in [0.15, 0.2) is 11.6 Å². The number of nitrogens with zero attached hydrogens (tertiary/aromatic N) is 2. The Kier molecular flexibility index (Phi) is 5.32. The first-order chi connectivity index (χ1) is 10.2. The highest BCUT2D eigenvalue weighted by Gasteiger charge is 2.12. The third-order valence-corrected chi connectivity index (χ3v) is 3.38. The van der Waals surface area contributed by atoms with Crippen LogP contribution in [-0.2, 0) is 0 Å². The number of hydrogen-bond donors (Lipinski definition) is 2. The molecule has 0 atom stereocenters. The highest BCUT2D eigenvalue weighted by molar-refractivity contribution is 9.10. The van der Waals surface area contributed by atoms with Gasteiger partial charge in [-0.15, -0.1) is 0 Å². The summed E-state index contributed by atoms with van der Waals surface area (Å²) in [6.07, 6.45) is 2.39. The van der Waals surface area contributed by atoms with E-state index in [9.17, 15) is 4.39 Å². The number of ether oxygens (including phenoxy) is 1. The number of methoxy groups -OCH3 is 1. The van der Waals surface area contributed by atoms with Crippen LogP contribution in [0.3, 0.4) is 0 Å². The summed E-state index contributed by atoms with van der Waals surface area (Å²) in [5.41, 5.74) is 0.578. The summed E-state index contributed by atoms with van der Waals surface area (Å²) < 4.78 is 19.3. The molecule has 112 valence electrons. The molecule has 0 aliphatic heterocycles. The van der Waals surface area contributed by atoms with E-state index < -0.39 is 0 Å². The zero-order chi connectivity index (χ0) is 15.2. The van der Waals surface area contributed by atoms with E-state index >= 15 is 0 Å². The molecule has 1 aromatic carbocycles. The van der Waals surface area contributed by atoms with Crippen LogP contribution in [0, 0.1) is 5.82 Å². The fourth-order valence-electron chi connectivity index (χ4n) is 1.74. The minimum atomic E-state index is -0.350. The van der Waals surface area contributed by atoms with E-state index in [-0.39, 0.29) is 5.82 Å². The van der Waals surface area contributed by atoms with E-state index in [0.29, 0.717) is 27.5 Å². The molecule has 2 aromatic rings. The Balaban J connectivity index is 2.28. The smallest absolute Gasteiger partial charge is 0.204 e. The number of hydrogen-bond acceptors (Lipinski definition) is 5. The van der Waals surface area contributed by atoms with Gasteiger partial charge in [0.25, 0.3) is 0 Å². The molecule has 0 unspecified atom stereocenters. The van der Waals surface area contributed by atoms with Gasteiger partial charge < -0.3 is 15.4 Å². The monoisotopic (exact) mass is 354 g/mol. The second kappa shape index (κ2) is 7.21. The van der Waals surface area contributed by atoms with Crippen LogP contribution >= 0.6 is 15.9 Å². The first kappa shape index (κ1) is 15.5. The van der Waals surface area contributed by atoms with Gasteiger partial charge in [-0.2, -0.15) is 0 Å². The van der Waals surface area contributed by atoms with Crippen LogP contribution in [0.4, 0.5) is 21.7 Å². The summed E-state index contributed by atoms with van der Waals surface area (Å²) in [5.74, 6) is 1.23. The summed E-state index contributed by atoms with van der Waals surface area (Å²) in [5, 5.41) is 6.19. The van der Waals surface area contributed by atoms with Crippen LogP contribution < -0.4 is 15.4 Å². The Bertz CT molecular complexity index is 624. The van der Waals surface area contributed by atoms with Crippen molar-refractivity contribution in [2.45, 2.75) is 13.3 Å². The molecule has 0 bridgehead atoms. The number of aromatic nitrogens is 2.